The summed E-state index contributed by atoms with van der Waals surface area (Å²) < 4.78 is 0. The first-order valence-corrected chi connectivity index (χ1v) is 10.3. The van der Waals surface area contributed by atoms with Crippen LogP contribution in [-0.2, 0) is 0 Å². The van der Waals surface area contributed by atoms with Crippen LogP contribution in [0.1, 0.15) is 78.6 Å². The van der Waals surface area contributed by atoms with Gasteiger partial charge in [-0.25, -0.2) is 4.79 Å². The number of urea groups is 1. The first-order valence-electron chi connectivity index (χ1n) is 10.3. The molecular weight excluding hydrogens is 296 g/mol. The van der Waals surface area contributed by atoms with Crippen LogP contribution in [0.25, 0.3) is 0 Å². The van der Waals surface area contributed by atoms with Crippen molar-refractivity contribution in [2.75, 3.05) is 13.1 Å². The van der Waals surface area contributed by atoms with Crippen LogP contribution in [0, 0.1) is 17.3 Å². The molecule has 24 heavy (non-hydrogen) atoms. The molecule has 4 rings (SSSR count). The van der Waals surface area contributed by atoms with Gasteiger partial charge in [0.25, 0.3) is 0 Å². The summed E-state index contributed by atoms with van der Waals surface area (Å²) in [6.07, 6.45) is 13.4. The second-order valence-corrected chi connectivity index (χ2v) is 8.88. The van der Waals surface area contributed by atoms with E-state index in [1.165, 1.54) is 37.7 Å². The zero-order valence-corrected chi connectivity index (χ0v) is 15.9. The van der Waals surface area contributed by atoms with Gasteiger partial charge in [-0.2, -0.15) is 0 Å². The van der Waals surface area contributed by atoms with Crippen molar-refractivity contribution in [2.45, 2.75) is 84.6 Å². The standard InChI is InChI=1S/C21H36N2O/c1-4-5-13-23(20(24)22-18-9-7-6-8-10-18)15-16-11-12-17-14-19(16)21(17,2)3/h11,17-19H,4-10,12-15H2,1-3H3,(H,22,24). The number of allylic oxidation sites excluding steroid dienone is 1. The lowest BCUT2D eigenvalue weighted by Crippen LogP contribution is -2.52. The Labute approximate surface area is 148 Å². The second kappa shape index (κ2) is 7.49. The van der Waals surface area contributed by atoms with Crippen LogP contribution in [0.3, 0.4) is 0 Å². The molecule has 0 aromatic carbocycles. The van der Waals surface area contributed by atoms with Crippen molar-refractivity contribution >= 4 is 6.03 Å². The summed E-state index contributed by atoms with van der Waals surface area (Å²) in [5.74, 6) is 1.56. The Bertz CT molecular complexity index is 476. The van der Waals surface area contributed by atoms with Crippen LogP contribution in [-0.4, -0.2) is 30.1 Å². The Balaban J connectivity index is 1.61. The molecule has 0 radical (unpaired) electrons. The van der Waals surface area contributed by atoms with Gasteiger partial charge in [-0.3, -0.25) is 0 Å². The van der Waals surface area contributed by atoms with Crippen LogP contribution < -0.4 is 5.32 Å². The smallest absolute Gasteiger partial charge is 0.317 e. The molecule has 3 nitrogen and oxygen atoms in total. The van der Waals surface area contributed by atoms with Crippen molar-refractivity contribution < 1.29 is 4.79 Å². The number of amides is 2. The van der Waals surface area contributed by atoms with Crippen LogP contribution in [0.15, 0.2) is 11.6 Å². The van der Waals surface area contributed by atoms with E-state index < -0.39 is 0 Å². The van der Waals surface area contributed by atoms with Crippen LogP contribution in [0.2, 0.25) is 0 Å². The number of hydrogen-bond acceptors (Lipinski definition) is 1. The molecule has 1 N–H and O–H groups in total. The maximum atomic E-state index is 12.9. The number of nitrogens with zero attached hydrogens (tertiary/aromatic N) is 1. The maximum Gasteiger partial charge on any atom is 0.317 e. The molecule has 0 saturated heterocycles. The molecule has 2 fully saturated rings. The molecule has 4 aliphatic rings. The van der Waals surface area contributed by atoms with E-state index in [2.05, 4.69) is 37.1 Å². The van der Waals surface area contributed by atoms with Gasteiger partial charge in [0.2, 0.25) is 0 Å². The average molecular weight is 333 g/mol. The van der Waals surface area contributed by atoms with Crippen molar-refractivity contribution in [3.8, 4) is 0 Å². The van der Waals surface area contributed by atoms with E-state index in [4.69, 9.17) is 0 Å². The molecule has 3 heteroatoms. The van der Waals surface area contributed by atoms with Crippen molar-refractivity contribution in [1.82, 2.24) is 10.2 Å². The van der Waals surface area contributed by atoms with E-state index in [9.17, 15) is 4.79 Å². The van der Waals surface area contributed by atoms with E-state index in [-0.39, 0.29) is 6.03 Å². The first kappa shape index (κ1) is 17.8. The minimum atomic E-state index is 0.176. The molecule has 0 heterocycles. The van der Waals surface area contributed by atoms with Crippen molar-refractivity contribution in [2.24, 2.45) is 17.3 Å². The Morgan fingerprint density at radius 2 is 2.04 bits per heavy atom. The normalized spacial score (nSPS) is 28.7. The highest BCUT2D eigenvalue weighted by atomic mass is 16.2. The summed E-state index contributed by atoms with van der Waals surface area (Å²) in [7, 11) is 0. The lowest BCUT2D eigenvalue weighted by atomic mass is 9.49. The Kier molecular flexibility index (Phi) is 5.56. The topological polar surface area (TPSA) is 32.3 Å². The van der Waals surface area contributed by atoms with E-state index in [0.29, 0.717) is 17.4 Å². The van der Waals surface area contributed by atoms with Gasteiger partial charge < -0.3 is 10.2 Å². The lowest BCUT2D eigenvalue weighted by Gasteiger charge is -2.57. The number of carbonyl (C=O) groups is 1. The Morgan fingerprint density at radius 1 is 1.29 bits per heavy atom. The van der Waals surface area contributed by atoms with Gasteiger partial charge in [-0.1, -0.05) is 58.1 Å². The number of nitrogens with one attached hydrogen (secondary N) is 1. The highest BCUT2D eigenvalue weighted by Crippen LogP contribution is 2.59. The van der Waals surface area contributed by atoms with Crippen LogP contribution >= 0.6 is 0 Å². The fraction of sp³-hybridized carbons (Fsp3) is 0.857. The predicted octanol–water partition coefficient (Wildman–Crippen LogP) is 5.12. The summed E-state index contributed by atoms with van der Waals surface area (Å²) in [5.41, 5.74) is 1.97. The molecule has 0 aliphatic heterocycles. The van der Waals surface area contributed by atoms with Gasteiger partial charge in [0.1, 0.15) is 0 Å². The fourth-order valence-corrected chi connectivity index (χ4v) is 4.99. The SMILES string of the molecule is CCCCN(CC1=CCC2CC1C2(C)C)C(=O)NC1CCCCC1. The summed E-state index contributed by atoms with van der Waals surface area (Å²) in [6.45, 7) is 8.77. The molecule has 0 spiro atoms. The Morgan fingerprint density at radius 3 is 2.67 bits per heavy atom. The van der Waals surface area contributed by atoms with Gasteiger partial charge in [0.15, 0.2) is 0 Å². The van der Waals surface area contributed by atoms with E-state index in [1.54, 1.807) is 0 Å². The predicted molar refractivity (Wildman–Crippen MR) is 100.0 cm³/mol. The molecule has 2 bridgehead atoms. The van der Waals surface area contributed by atoms with E-state index in [1.807, 2.05) is 0 Å². The third kappa shape index (κ3) is 3.65. The molecule has 136 valence electrons. The van der Waals surface area contributed by atoms with Crippen molar-refractivity contribution in [3.05, 3.63) is 11.6 Å². The summed E-state index contributed by atoms with van der Waals surface area (Å²) in [6, 6.07) is 0.579. The number of hydrogen-bond donors (Lipinski definition) is 1. The van der Waals surface area contributed by atoms with Crippen LogP contribution in [0.5, 0.6) is 0 Å². The molecule has 0 aromatic heterocycles. The Hall–Kier alpha value is -0.990. The average Bonchev–Trinajstić information content (AvgIpc) is 2.59. The molecule has 2 saturated carbocycles. The van der Waals surface area contributed by atoms with Crippen LogP contribution in [0.4, 0.5) is 4.79 Å². The van der Waals surface area contributed by atoms with Gasteiger partial charge in [-0.05, 0) is 49.4 Å². The second-order valence-electron chi connectivity index (χ2n) is 8.88. The summed E-state index contributed by atoms with van der Waals surface area (Å²) in [4.78, 5) is 15.0. The largest absolute Gasteiger partial charge is 0.335 e. The van der Waals surface area contributed by atoms with E-state index in [0.717, 1.165) is 44.7 Å². The number of unbranched alkanes of at least 4 members (excludes halogenated alkanes) is 1. The molecule has 2 amide bonds. The third-order valence-corrected chi connectivity index (χ3v) is 6.96. The monoisotopic (exact) mass is 332 g/mol. The number of rotatable bonds is 6. The van der Waals surface area contributed by atoms with E-state index >= 15 is 0 Å². The molecule has 0 aromatic rings. The molecule has 2 atom stereocenters. The molecular formula is C21H36N2O. The summed E-state index contributed by atoms with van der Waals surface area (Å²) in [5, 5.41) is 3.33. The first-order chi connectivity index (χ1) is 11.5. The lowest BCUT2D eigenvalue weighted by molar-refractivity contribution is -0.00969. The number of carbonyl (C=O) groups excluding carboxylic acids is 1. The molecule has 4 aliphatic carbocycles. The highest BCUT2D eigenvalue weighted by Gasteiger charge is 2.51. The number of fused-ring (bicyclic) bond motifs is 1. The quantitative estimate of drug-likeness (QED) is 0.672. The van der Waals surface area contributed by atoms with Gasteiger partial charge >= 0.3 is 6.03 Å². The summed E-state index contributed by atoms with van der Waals surface area (Å²) >= 11 is 0. The van der Waals surface area contributed by atoms with Crippen molar-refractivity contribution in [3.63, 3.8) is 0 Å². The third-order valence-electron chi connectivity index (χ3n) is 6.96. The minimum Gasteiger partial charge on any atom is -0.335 e. The van der Waals surface area contributed by atoms with Crippen molar-refractivity contribution in [1.29, 1.82) is 0 Å². The fourth-order valence-electron chi connectivity index (χ4n) is 4.99. The zero-order chi connectivity index (χ0) is 17.2. The molecule has 2 unspecified atom stereocenters. The minimum absolute atomic E-state index is 0.176. The van der Waals surface area contributed by atoms with Gasteiger partial charge in [-0.15, -0.1) is 0 Å². The van der Waals surface area contributed by atoms with Gasteiger partial charge in [0, 0.05) is 19.1 Å². The zero-order valence-electron chi connectivity index (χ0n) is 15.9. The van der Waals surface area contributed by atoms with Gasteiger partial charge in [0.05, 0.1) is 0 Å². The highest BCUT2D eigenvalue weighted by molar-refractivity contribution is 5.75. The maximum absolute atomic E-state index is 12.9.